The van der Waals surface area contributed by atoms with Gasteiger partial charge in [0.1, 0.15) is 0 Å². The fourth-order valence-electron chi connectivity index (χ4n) is 0.558. The van der Waals surface area contributed by atoms with Crippen LogP contribution < -0.4 is 4.94 Å². The first kappa shape index (κ1) is 7.40. The average molecular weight is 168 g/mol. The maximum absolute atomic E-state index is 12.3. The van der Waals surface area contributed by atoms with Crippen molar-refractivity contribution < 1.29 is 18.2 Å². The molecule has 0 spiro atoms. The minimum atomic E-state index is -1.26. The van der Waals surface area contributed by atoms with Gasteiger partial charge < -0.3 is 0 Å². The van der Waals surface area contributed by atoms with Crippen molar-refractivity contribution in [2.75, 3.05) is 0 Å². The molecule has 10 heavy (non-hydrogen) atoms. The standard InChI is InChI=1S/C5H3F3OS/c1-2-4(9-8)3(6)5(7)10-2/h1H3. The van der Waals surface area contributed by atoms with Crippen LogP contribution in [0.15, 0.2) is 0 Å². The quantitative estimate of drug-likeness (QED) is 0.626. The van der Waals surface area contributed by atoms with E-state index in [1.165, 1.54) is 6.92 Å². The molecule has 1 nitrogen and oxygen atoms in total. The van der Waals surface area contributed by atoms with Crippen LogP contribution in [0.4, 0.5) is 13.3 Å². The van der Waals surface area contributed by atoms with Crippen molar-refractivity contribution in [3.05, 3.63) is 15.8 Å². The first-order valence-electron chi connectivity index (χ1n) is 2.39. The summed E-state index contributed by atoms with van der Waals surface area (Å²) in [7, 11) is 0. The number of halogens is 3. The van der Waals surface area contributed by atoms with Crippen molar-refractivity contribution in [3.63, 3.8) is 0 Å². The second-order valence-corrected chi connectivity index (χ2v) is 2.83. The normalized spacial score (nSPS) is 10.0. The average Bonchev–Trinajstić information content (AvgIpc) is 2.09. The molecule has 5 heteroatoms. The molecular weight excluding hydrogens is 165 g/mol. The zero-order valence-corrected chi connectivity index (χ0v) is 5.77. The summed E-state index contributed by atoms with van der Waals surface area (Å²) < 4.78 is 35.8. The molecule has 0 saturated carbocycles. The van der Waals surface area contributed by atoms with Crippen LogP contribution in [0.2, 0.25) is 0 Å². The molecule has 0 aliphatic heterocycles. The summed E-state index contributed by atoms with van der Waals surface area (Å²) in [6.45, 7) is 1.37. The largest absolute Gasteiger partial charge is 0.290 e. The van der Waals surface area contributed by atoms with E-state index in [0.717, 1.165) is 0 Å². The van der Waals surface area contributed by atoms with Gasteiger partial charge in [0.25, 0.3) is 0 Å². The van der Waals surface area contributed by atoms with Gasteiger partial charge in [-0.1, -0.05) is 0 Å². The zero-order valence-electron chi connectivity index (χ0n) is 4.95. The molecule has 56 valence electrons. The SMILES string of the molecule is Cc1sc(F)c(F)c1OF. The maximum atomic E-state index is 12.3. The molecule has 0 radical (unpaired) electrons. The van der Waals surface area contributed by atoms with Crippen molar-refractivity contribution in [3.8, 4) is 5.75 Å². The Morgan fingerprint density at radius 3 is 2.20 bits per heavy atom. The molecule has 0 aliphatic carbocycles. The Hall–Kier alpha value is -0.710. The third kappa shape index (κ3) is 0.965. The summed E-state index contributed by atoms with van der Waals surface area (Å²) in [5.74, 6) is -1.91. The summed E-state index contributed by atoms with van der Waals surface area (Å²) in [4.78, 5) is 3.24. The van der Waals surface area contributed by atoms with Gasteiger partial charge in [-0.05, 0) is 6.92 Å². The molecule has 1 heterocycles. The van der Waals surface area contributed by atoms with Crippen LogP contribution in [-0.2, 0) is 0 Å². The van der Waals surface area contributed by atoms with Crippen LogP contribution in [0.3, 0.4) is 0 Å². The minimum absolute atomic E-state index is 0.150. The highest BCUT2D eigenvalue weighted by Gasteiger charge is 2.17. The summed E-state index contributed by atoms with van der Waals surface area (Å²) in [6, 6.07) is 0. The Balaban J connectivity index is 3.20. The van der Waals surface area contributed by atoms with Crippen molar-refractivity contribution in [1.29, 1.82) is 0 Å². The first-order valence-corrected chi connectivity index (χ1v) is 3.21. The lowest BCUT2D eigenvalue weighted by molar-refractivity contribution is -0.0112. The van der Waals surface area contributed by atoms with Gasteiger partial charge in [-0.25, -0.2) is 0 Å². The van der Waals surface area contributed by atoms with Crippen LogP contribution in [0.25, 0.3) is 0 Å². The highest BCUT2D eigenvalue weighted by molar-refractivity contribution is 7.10. The fourth-order valence-corrected chi connectivity index (χ4v) is 1.22. The predicted molar refractivity (Wildman–Crippen MR) is 30.7 cm³/mol. The summed E-state index contributed by atoms with van der Waals surface area (Å²) in [6.07, 6.45) is 0. The Kier molecular flexibility index (Phi) is 1.85. The van der Waals surface area contributed by atoms with Crippen molar-refractivity contribution in [2.24, 2.45) is 0 Å². The van der Waals surface area contributed by atoms with E-state index in [9.17, 15) is 13.3 Å². The summed E-state index contributed by atoms with van der Waals surface area (Å²) in [5, 5.41) is -1.05. The molecule has 0 N–H and O–H groups in total. The van der Waals surface area contributed by atoms with Gasteiger partial charge in [-0.15, -0.1) is 11.3 Å². The lowest BCUT2D eigenvalue weighted by Gasteiger charge is -1.87. The second-order valence-electron chi connectivity index (χ2n) is 1.65. The maximum Gasteiger partial charge on any atom is 0.224 e. The van der Waals surface area contributed by atoms with Crippen LogP contribution in [-0.4, -0.2) is 0 Å². The lowest BCUT2D eigenvalue weighted by atomic mass is 10.4. The smallest absolute Gasteiger partial charge is 0.224 e. The van der Waals surface area contributed by atoms with Gasteiger partial charge >= 0.3 is 0 Å². The van der Waals surface area contributed by atoms with Crippen LogP contribution >= 0.6 is 11.3 Å². The molecular formula is C5H3F3OS. The van der Waals surface area contributed by atoms with Crippen LogP contribution in [0.1, 0.15) is 4.88 Å². The van der Waals surface area contributed by atoms with E-state index in [0.29, 0.717) is 11.3 Å². The molecule has 0 atom stereocenters. The van der Waals surface area contributed by atoms with E-state index in [4.69, 9.17) is 0 Å². The van der Waals surface area contributed by atoms with Gasteiger partial charge in [0.05, 0.1) is 4.88 Å². The number of hydrogen-bond acceptors (Lipinski definition) is 2. The Bertz CT molecular complexity index is 245. The number of rotatable bonds is 1. The molecule has 0 bridgehead atoms. The monoisotopic (exact) mass is 168 g/mol. The van der Waals surface area contributed by atoms with E-state index in [2.05, 4.69) is 4.94 Å². The molecule has 0 amide bonds. The summed E-state index contributed by atoms with van der Waals surface area (Å²) in [5.41, 5.74) is 0. The molecule has 0 unspecified atom stereocenters. The van der Waals surface area contributed by atoms with Crippen molar-refractivity contribution >= 4 is 11.3 Å². The third-order valence-electron chi connectivity index (χ3n) is 1.01. The van der Waals surface area contributed by atoms with Crippen molar-refractivity contribution in [2.45, 2.75) is 6.92 Å². The highest BCUT2D eigenvalue weighted by atomic mass is 32.1. The zero-order chi connectivity index (χ0) is 7.72. The van der Waals surface area contributed by atoms with Gasteiger partial charge in [-0.2, -0.15) is 8.78 Å². The van der Waals surface area contributed by atoms with E-state index < -0.39 is 16.7 Å². The minimum Gasteiger partial charge on any atom is -0.290 e. The molecule has 1 aromatic rings. The Morgan fingerprint density at radius 2 is 2.00 bits per heavy atom. The van der Waals surface area contributed by atoms with Gasteiger partial charge in [0.15, 0.2) is 0 Å². The van der Waals surface area contributed by atoms with Crippen LogP contribution in [0.5, 0.6) is 5.75 Å². The number of hydrogen-bond donors (Lipinski definition) is 0. The van der Waals surface area contributed by atoms with Crippen molar-refractivity contribution in [1.82, 2.24) is 0 Å². The van der Waals surface area contributed by atoms with Crippen LogP contribution in [0, 0.1) is 17.9 Å². The molecule has 0 saturated heterocycles. The topological polar surface area (TPSA) is 9.23 Å². The highest BCUT2D eigenvalue weighted by Crippen LogP contribution is 2.31. The first-order chi connectivity index (χ1) is 4.66. The molecule has 0 aromatic carbocycles. The summed E-state index contributed by atoms with van der Waals surface area (Å²) >= 11 is 0.514. The predicted octanol–water partition coefficient (Wildman–Crippen LogP) is 2.60. The lowest BCUT2D eigenvalue weighted by Crippen LogP contribution is -1.80. The number of thiophene rings is 1. The second kappa shape index (κ2) is 2.49. The Labute approximate surface area is 58.9 Å². The molecule has 1 rings (SSSR count). The molecule has 0 fully saturated rings. The third-order valence-corrected chi connectivity index (χ3v) is 1.86. The van der Waals surface area contributed by atoms with Gasteiger partial charge in [0, 0.05) is 4.53 Å². The molecule has 0 aliphatic rings. The van der Waals surface area contributed by atoms with Gasteiger partial charge in [-0.3, -0.25) is 4.94 Å². The molecule has 1 aromatic heterocycles. The van der Waals surface area contributed by atoms with Gasteiger partial charge in [0.2, 0.25) is 16.7 Å². The Morgan fingerprint density at radius 1 is 1.40 bits per heavy atom. The van der Waals surface area contributed by atoms with E-state index in [1.807, 2.05) is 0 Å². The fraction of sp³-hybridized carbons (Fsp3) is 0.200. The van der Waals surface area contributed by atoms with E-state index in [-0.39, 0.29) is 4.88 Å². The van der Waals surface area contributed by atoms with E-state index in [1.54, 1.807) is 0 Å². The number of aryl methyl sites for hydroxylation is 1. The van der Waals surface area contributed by atoms with E-state index >= 15 is 0 Å².